The Hall–Kier alpha value is -1.91. The van der Waals surface area contributed by atoms with Gasteiger partial charge in [-0.15, -0.1) is 0 Å². The highest BCUT2D eigenvalue weighted by Gasteiger charge is 2.33. The molecule has 44 heavy (non-hydrogen) atoms. The topological polar surface area (TPSA) is 238 Å². The molecule has 0 aromatic rings. The molecule has 0 aromatic carbocycles. The van der Waals surface area contributed by atoms with Gasteiger partial charge in [0.1, 0.15) is 0 Å². The maximum absolute atomic E-state index is 12.2. The highest BCUT2D eigenvalue weighted by molar-refractivity contribution is 5.70. The van der Waals surface area contributed by atoms with Gasteiger partial charge in [-0.1, -0.05) is 25.7 Å². The van der Waals surface area contributed by atoms with Crippen LogP contribution in [0.25, 0.3) is 0 Å². The van der Waals surface area contributed by atoms with Crippen LogP contribution in [0.4, 0.5) is 0 Å². The fraction of sp³-hybridized carbons (Fsp3) is 0.900. The molecule has 0 unspecified atom stereocenters. The van der Waals surface area contributed by atoms with E-state index in [9.17, 15) is 29.7 Å². The van der Waals surface area contributed by atoms with E-state index < -0.39 is 17.9 Å². The zero-order valence-corrected chi connectivity index (χ0v) is 26.8. The smallest absolute Gasteiger partial charge is 0.317 e. The fourth-order valence-electron chi connectivity index (χ4n) is 6.23. The number of rotatable bonds is 22. The van der Waals surface area contributed by atoms with Gasteiger partial charge in [-0.25, -0.2) is 0 Å². The van der Waals surface area contributed by atoms with Crippen LogP contribution < -0.4 is 28.3 Å². The second-order valence-electron chi connectivity index (χ2n) is 12.2. The minimum Gasteiger partial charge on any atom is -0.480 e. The van der Waals surface area contributed by atoms with Crippen LogP contribution in [0.5, 0.6) is 0 Å². The van der Waals surface area contributed by atoms with Crippen molar-refractivity contribution < 1.29 is 29.7 Å². The molecule has 14 heteroatoms. The van der Waals surface area contributed by atoms with E-state index in [0.717, 1.165) is 64.2 Å². The van der Waals surface area contributed by atoms with Gasteiger partial charge in [0.15, 0.2) is 0 Å². The molecular weight excluding hydrogens is 568 g/mol. The molecule has 0 amide bonds. The van der Waals surface area contributed by atoms with Gasteiger partial charge >= 0.3 is 17.9 Å². The standard InChI is InChI=1S/C30H62N8O6/c31-13-5-1-9-24-18-36(21-28(39)40)26(11-3-7-15-33)20-38(23-30(43)44)27(12-4-8-16-34)19-37(22-29(41)42)25(17-35-24)10-2-6-14-32/h24-27,35H,1-23,31-34H2,(H,39,40)(H,41,42)(H,43,44)/t24-,25-,26-,27-/m0/s1. The average Bonchev–Trinajstić information content (AvgIpc) is 2.95. The molecule has 1 aliphatic heterocycles. The lowest BCUT2D eigenvalue weighted by molar-refractivity contribution is -0.142. The van der Waals surface area contributed by atoms with E-state index in [2.05, 4.69) is 5.32 Å². The summed E-state index contributed by atoms with van der Waals surface area (Å²) < 4.78 is 0. The molecule has 0 spiro atoms. The third kappa shape index (κ3) is 17.5. The van der Waals surface area contributed by atoms with Crippen LogP contribution in [-0.4, -0.2) is 144 Å². The Balaban J connectivity index is 3.66. The van der Waals surface area contributed by atoms with Crippen LogP contribution >= 0.6 is 0 Å². The Morgan fingerprint density at radius 1 is 0.523 bits per heavy atom. The third-order valence-electron chi connectivity index (χ3n) is 8.53. The number of aliphatic carboxylic acids is 3. The average molecular weight is 631 g/mol. The van der Waals surface area contributed by atoms with Gasteiger partial charge in [0.05, 0.1) is 19.6 Å². The molecule has 258 valence electrons. The Bertz CT molecular complexity index is 781. The summed E-state index contributed by atoms with van der Waals surface area (Å²) in [6, 6.07) is -0.640. The van der Waals surface area contributed by atoms with Gasteiger partial charge in [-0.3, -0.25) is 29.1 Å². The van der Waals surface area contributed by atoms with Crippen molar-refractivity contribution in [1.82, 2.24) is 20.0 Å². The molecule has 4 atom stereocenters. The van der Waals surface area contributed by atoms with Gasteiger partial charge in [0.25, 0.3) is 0 Å². The van der Waals surface area contributed by atoms with E-state index in [1.165, 1.54) is 0 Å². The summed E-state index contributed by atoms with van der Waals surface area (Å²) in [5, 5.41) is 33.6. The van der Waals surface area contributed by atoms with E-state index in [1.54, 1.807) is 0 Å². The lowest BCUT2D eigenvalue weighted by Gasteiger charge is -2.43. The zero-order chi connectivity index (χ0) is 32.7. The van der Waals surface area contributed by atoms with E-state index in [1.807, 2.05) is 14.7 Å². The maximum atomic E-state index is 12.2. The minimum absolute atomic E-state index is 0.0469. The lowest BCUT2D eigenvalue weighted by atomic mass is 9.99. The lowest BCUT2D eigenvalue weighted by Crippen LogP contribution is -2.58. The molecule has 1 heterocycles. The largest absolute Gasteiger partial charge is 0.480 e. The van der Waals surface area contributed by atoms with Crippen molar-refractivity contribution in [2.75, 3.05) is 72.0 Å². The van der Waals surface area contributed by atoms with E-state index in [0.29, 0.717) is 65.2 Å². The predicted molar refractivity (Wildman–Crippen MR) is 172 cm³/mol. The number of carboxylic acid groups (broad SMARTS) is 3. The molecular formula is C30H62N8O6. The van der Waals surface area contributed by atoms with Gasteiger partial charge in [-0.05, 0) is 77.5 Å². The molecule has 1 aliphatic rings. The fourth-order valence-corrected chi connectivity index (χ4v) is 6.23. The Kier molecular flexibility index (Phi) is 22.2. The van der Waals surface area contributed by atoms with Crippen molar-refractivity contribution in [2.24, 2.45) is 22.9 Å². The monoisotopic (exact) mass is 630 g/mol. The Labute approximate surface area is 263 Å². The van der Waals surface area contributed by atoms with Crippen LogP contribution in [-0.2, 0) is 14.4 Å². The minimum atomic E-state index is -0.975. The quantitative estimate of drug-likeness (QED) is 0.0720. The number of hydrogen-bond donors (Lipinski definition) is 8. The summed E-state index contributed by atoms with van der Waals surface area (Å²) in [4.78, 5) is 42.4. The van der Waals surface area contributed by atoms with Crippen LogP contribution in [0.15, 0.2) is 0 Å². The molecule has 12 N–H and O–H groups in total. The van der Waals surface area contributed by atoms with Crippen molar-refractivity contribution >= 4 is 17.9 Å². The van der Waals surface area contributed by atoms with E-state index in [4.69, 9.17) is 22.9 Å². The number of nitrogens with zero attached hydrogens (tertiary/aromatic N) is 3. The normalized spacial score (nSPS) is 23.2. The Morgan fingerprint density at radius 2 is 0.864 bits per heavy atom. The first-order valence-electron chi connectivity index (χ1n) is 16.6. The molecule has 1 rings (SSSR count). The van der Waals surface area contributed by atoms with Crippen LogP contribution in [0.1, 0.15) is 77.0 Å². The molecule has 14 nitrogen and oxygen atoms in total. The van der Waals surface area contributed by atoms with Crippen LogP contribution in [0, 0.1) is 0 Å². The second-order valence-corrected chi connectivity index (χ2v) is 12.2. The number of nitrogens with two attached hydrogens (primary N) is 4. The summed E-state index contributed by atoms with van der Waals surface area (Å²) in [5.41, 5.74) is 23.2. The maximum Gasteiger partial charge on any atom is 0.317 e. The highest BCUT2D eigenvalue weighted by atomic mass is 16.4. The molecule has 1 fully saturated rings. The predicted octanol–water partition coefficient (Wildman–Crippen LogP) is -0.260. The highest BCUT2D eigenvalue weighted by Crippen LogP contribution is 2.21. The summed E-state index contributed by atoms with van der Waals surface area (Å²) >= 11 is 0. The number of hydrogen-bond acceptors (Lipinski definition) is 11. The molecule has 1 saturated heterocycles. The van der Waals surface area contributed by atoms with Crippen molar-refractivity contribution in [2.45, 2.75) is 101 Å². The molecule has 0 bridgehead atoms. The van der Waals surface area contributed by atoms with Gasteiger partial charge in [0, 0.05) is 50.3 Å². The molecule has 0 aliphatic carbocycles. The first-order valence-corrected chi connectivity index (χ1v) is 16.6. The zero-order valence-electron chi connectivity index (χ0n) is 26.8. The summed E-state index contributed by atoms with van der Waals surface area (Å²) in [6.07, 6.45) is 9.34. The van der Waals surface area contributed by atoms with E-state index >= 15 is 0 Å². The van der Waals surface area contributed by atoms with Crippen molar-refractivity contribution in [3.8, 4) is 0 Å². The van der Waals surface area contributed by atoms with Crippen molar-refractivity contribution in [3.63, 3.8) is 0 Å². The number of unbranched alkanes of at least 4 members (excludes halogenated alkanes) is 4. The third-order valence-corrected chi connectivity index (χ3v) is 8.53. The van der Waals surface area contributed by atoms with Crippen LogP contribution in [0.2, 0.25) is 0 Å². The number of carbonyl (C=O) groups is 3. The van der Waals surface area contributed by atoms with Crippen molar-refractivity contribution in [1.29, 1.82) is 0 Å². The number of carboxylic acids is 3. The molecule has 0 saturated carbocycles. The van der Waals surface area contributed by atoms with Gasteiger partial charge in [0.2, 0.25) is 0 Å². The summed E-state index contributed by atoms with van der Waals surface area (Å²) in [5.74, 6) is -2.84. The first kappa shape index (κ1) is 40.1. The Morgan fingerprint density at radius 3 is 1.25 bits per heavy atom. The van der Waals surface area contributed by atoms with Crippen LogP contribution in [0.3, 0.4) is 0 Å². The van der Waals surface area contributed by atoms with Crippen molar-refractivity contribution in [3.05, 3.63) is 0 Å². The summed E-state index contributed by atoms with van der Waals surface area (Å²) in [7, 11) is 0. The first-order chi connectivity index (χ1) is 21.1. The molecule has 0 aromatic heterocycles. The van der Waals surface area contributed by atoms with Gasteiger partial charge < -0.3 is 43.6 Å². The number of nitrogens with one attached hydrogen (secondary N) is 1. The SMILES string of the molecule is NCCCC[C@H]1CN(CC(=O)O)[C@@H](CCCCN)CN(CC(=O)O)[C@@H](CCCCN)CN(CC(=O)O)[C@@H](CCCCN)CN1. The van der Waals surface area contributed by atoms with E-state index in [-0.39, 0.29) is 43.8 Å². The second kappa shape index (κ2) is 24.3. The summed E-state index contributed by atoms with van der Waals surface area (Å²) in [6.45, 7) is 3.33. The molecule has 0 radical (unpaired) electrons. The van der Waals surface area contributed by atoms with Gasteiger partial charge in [-0.2, -0.15) is 0 Å².